The molecule has 0 spiro atoms. The second-order valence-electron chi connectivity index (χ2n) is 0.166. The highest BCUT2D eigenvalue weighted by atomic mass is 16.8. The molecule has 0 fully saturated rings. The van der Waals surface area contributed by atoms with Gasteiger partial charge < -0.3 is 0 Å². The Bertz CT molecular complexity index is 18.0. The number of hydrogen-bond donors (Lipinski definition) is 0. The molecular formula is HN2O2. The molecule has 0 rings (SSSR count). The Hall–Kier alpha value is -0.640. The van der Waals surface area contributed by atoms with Gasteiger partial charge in [-0.25, -0.2) is 4.94 Å². The van der Waals surface area contributed by atoms with Crippen LogP contribution in [0, 0.1) is 4.91 Å². The van der Waals surface area contributed by atoms with E-state index in [0.717, 1.165) is 0 Å². The van der Waals surface area contributed by atoms with E-state index in [1.54, 1.807) is 5.34 Å². The van der Waals surface area contributed by atoms with E-state index in [4.69, 9.17) is 10.8 Å². The van der Waals surface area contributed by atoms with Crippen LogP contribution in [0.15, 0.2) is 5.34 Å². The first-order chi connectivity index (χ1) is 1.91. The van der Waals surface area contributed by atoms with Gasteiger partial charge in [0, 0.05) is 0 Å². The monoisotopic (exact) mass is 61.0 g/mol. The lowest BCUT2D eigenvalue weighted by Crippen LogP contribution is -1.62. The standard InChI is InChI=1S/HN2O2/c1-4-2-3/h1H. The molecule has 1 radical (unpaired) electrons. The fourth-order valence-corrected chi connectivity index (χ4v) is 0. The molecule has 0 aromatic carbocycles. The van der Waals surface area contributed by atoms with Crippen LogP contribution in [0.1, 0.15) is 0 Å². The average molecular weight is 61.0 g/mol. The van der Waals surface area contributed by atoms with Crippen LogP contribution < -0.4 is 5.90 Å². The van der Waals surface area contributed by atoms with E-state index in [2.05, 4.69) is 4.94 Å². The second kappa shape index (κ2) is 2.36. The zero-order chi connectivity index (χ0) is 3.41. The summed E-state index contributed by atoms with van der Waals surface area (Å²) in [6, 6.07) is 0. The highest BCUT2D eigenvalue weighted by Gasteiger charge is 1.46. The summed E-state index contributed by atoms with van der Waals surface area (Å²) < 4.78 is 0. The summed E-state index contributed by atoms with van der Waals surface area (Å²) in [4.78, 5) is 11.4. The molecule has 0 bridgehead atoms. The zero-order valence-electron chi connectivity index (χ0n) is 1.76. The summed E-state index contributed by atoms with van der Waals surface area (Å²) in [7, 11) is 0. The van der Waals surface area contributed by atoms with Crippen LogP contribution >= 0.6 is 0 Å². The predicted molar refractivity (Wildman–Crippen MR) is 9.98 cm³/mol. The van der Waals surface area contributed by atoms with Gasteiger partial charge >= 0.3 is 0 Å². The molecule has 4 heteroatoms. The van der Waals surface area contributed by atoms with Crippen LogP contribution in [-0.2, 0) is 4.94 Å². The molecule has 23 valence electrons. The number of nitrogens with one attached hydrogen (secondary N) is 1. The van der Waals surface area contributed by atoms with E-state index in [-0.39, 0.29) is 0 Å². The Labute approximate surface area is 22.4 Å². The highest BCUT2D eigenvalue weighted by Crippen LogP contribution is 1.49. The van der Waals surface area contributed by atoms with Gasteiger partial charge in [-0.05, 0) is 5.90 Å². The van der Waals surface area contributed by atoms with E-state index in [0.29, 0.717) is 0 Å². The van der Waals surface area contributed by atoms with Crippen LogP contribution in [0.4, 0.5) is 0 Å². The van der Waals surface area contributed by atoms with Gasteiger partial charge in [0.2, 0.25) is 0 Å². The topological polar surface area (TPSA) is 62.5 Å². The van der Waals surface area contributed by atoms with Crippen LogP contribution in [0.2, 0.25) is 0 Å². The smallest absolute Gasteiger partial charge is 0.177 e. The number of hydrogen-bond acceptors (Lipinski definition) is 3. The summed E-state index contributed by atoms with van der Waals surface area (Å²) in [5.41, 5.74) is 0. The van der Waals surface area contributed by atoms with Gasteiger partial charge in [-0.3, -0.25) is 0 Å². The molecule has 0 saturated heterocycles. The SMILES string of the molecule is [NH]ON=O. The molecule has 0 amide bonds. The molecule has 4 heavy (non-hydrogen) atoms. The third kappa shape index (κ3) is 1.36. The Morgan fingerprint density at radius 2 is 2.25 bits per heavy atom. The Kier molecular flexibility index (Phi) is 1.98. The van der Waals surface area contributed by atoms with Crippen molar-refractivity contribution < 1.29 is 4.94 Å². The van der Waals surface area contributed by atoms with Crippen molar-refractivity contribution in [3.8, 4) is 0 Å². The molecule has 0 aliphatic rings. The summed E-state index contributed by atoms with van der Waals surface area (Å²) in [5, 5.41) is 1.65. The lowest BCUT2D eigenvalue weighted by atomic mass is 13.2. The van der Waals surface area contributed by atoms with Gasteiger partial charge in [-0.2, -0.15) is 0 Å². The molecule has 0 aliphatic heterocycles. The molecule has 0 heterocycles. The molecule has 0 unspecified atom stereocenters. The van der Waals surface area contributed by atoms with E-state index in [9.17, 15) is 0 Å². The quantitative estimate of drug-likeness (QED) is 0.313. The van der Waals surface area contributed by atoms with Gasteiger partial charge in [-0.15, -0.1) is 4.91 Å². The molecule has 0 aromatic heterocycles. The molecule has 0 saturated carbocycles. The minimum atomic E-state index is 1.65. The molecule has 0 atom stereocenters. The second-order valence-corrected chi connectivity index (χ2v) is 0.166. The number of rotatable bonds is 1. The van der Waals surface area contributed by atoms with Crippen molar-refractivity contribution in [1.82, 2.24) is 5.90 Å². The lowest BCUT2D eigenvalue weighted by Gasteiger charge is -1.59. The predicted octanol–water partition coefficient (Wildman–Crippen LogP) is -0.118. The third-order valence-corrected chi connectivity index (χ3v) is 0.0373. The Morgan fingerprint density at radius 1 is 2.00 bits per heavy atom. The lowest BCUT2D eigenvalue weighted by molar-refractivity contribution is 0.123. The minimum absolute atomic E-state index is 1.65. The highest BCUT2D eigenvalue weighted by molar-refractivity contribution is 3.87. The maximum atomic E-state index is 8.51. The fraction of sp³-hybridized carbons (Fsp3) is 0. The van der Waals surface area contributed by atoms with E-state index in [1.807, 2.05) is 0 Å². The van der Waals surface area contributed by atoms with Crippen molar-refractivity contribution >= 4 is 0 Å². The van der Waals surface area contributed by atoms with Crippen LogP contribution in [0.5, 0.6) is 0 Å². The number of nitrogens with zero attached hydrogens (tertiary/aromatic N) is 1. The Balaban J connectivity index is 2.30. The third-order valence-electron chi connectivity index (χ3n) is 0.0373. The van der Waals surface area contributed by atoms with Crippen molar-refractivity contribution in [3.63, 3.8) is 0 Å². The molecular weight excluding hydrogens is 60.0 g/mol. The molecule has 0 aromatic rings. The maximum absolute atomic E-state index is 8.51. The van der Waals surface area contributed by atoms with E-state index >= 15 is 0 Å². The van der Waals surface area contributed by atoms with E-state index in [1.165, 1.54) is 0 Å². The summed E-state index contributed by atoms with van der Waals surface area (Å²) in [5.74, 6) is 5.47. The van der Waals surface area contributed by atoms with E-state index < -0.39 is 0 Å². The summed E-state index contributed by atoms with van der Waals surface area (Å²) >= 11 is 0. The zero-order valence-corrected chi connectivity index (χ0v) is 1.76. The average Bonchev–Trinajstić information content (AvgIpc) is 1.37. The van der Waals surface area contributed by atoms with Crippen molar-refractivity contribution in [3.05, 3.63) is 4.91 Å². The van der Waals surface area contributed by atoms with Crippen LogP contribution in [0.25, 0.3) is 0 Å². The van der Waals surface area contributed by atoms with Gasteiger partial charge in [0.05, 0.1) is 0 Å². The van der Waals surface area contributed by atoms with Crippen LogP contribution in [-0.4, -0.2) is 0 Å². The molecule has 4 nitrogen and oxygen atoms in total. The maximum Gasteiger partial charge on any atom is 0.177 e. The van der Waals surface area contributed by atoms with Gasteiger partial charge in [0.1, 0.15) is 0 Å². The Morgan fingerprint density at radius 3 is 2.25 bits per heavy atom. The van der Waals surface area contributed by atoms with Crippen molar-refractivity contribution in [1.29, 1.82) is 0 Å². The van der Waals surface area contributed by atoms with Crippen molar-refractivity contribution in [2.24, 2.45) is 5.34 Å². The largest absolute Gasteiger partial charge is 0.245 e. The normalized spacial score (nSPS) is 5.25. The van der Waals surface area contributed by atoms with Crippen LogP contribution in [0.3, 0.4) is 0 Å². The molecule has 0 aliphatic carbocycles. The molecule has 1 N–H and O–H groups in total. The summed E-state index contributed by atoms with van der Waals surface area (Å²) in [6.45, 7) is 0. The van der Waals surface area contributed by atoms with Gasteiger partial charge in [0.15, 0.2) is 5.34 Å². The summed E-state index contributed by atoms with van der Waals surface area (Å²) in [6.07, 6.45) is 0. The first-order valence-corrected chi connectivity index (χ1v) is 0.569. The van der Waals surface area contributed by atoms with Crippen molar-refractivity contribution in [2.45, 2.75) is 0 Å². The van der Waals surface area contributed by atoms with Crippen molar-refractivity contribution in [2.75, 3.05) is 0 Å². The van der Waals surface area contributed by atoms with Gasteiger partial charge in [-0.1, -0.05) is 0 Å². The fourth-order valence-electron chi connectivity index (χ4n) is 0. The minimum Gasteiger partial charge on any atom is -0.245 e. The first-order valence-electron chi connectivity index (χ1n) is 0.569. The first kappa shape index (κ1) is 3.36. The van der Waals surface area contributed by atoms with Gasteiger partial charge in [0.25, 0.3) is 0 Å².